The van der Waals surface area contributed by atoms with Crippen molar-refractivity contribution in [1.82, 2.24) is 29.6 Å². The number of aromatic amines is 1. The van der Waals surface area contributed by atoms with Gasteiger partial charge in [-0.2, -0.15) is 0 Å². The van der Waals surface area contributed by atoms with Crippen LogP contribution >= 0.6 is 0 Å². The minimum absolute atomic E-state index is 0.156. The van der Waals surface area contributed by atoms with E-state index in [1.807, 2.05) is 35.4 Å². The van der Waals surface area contributed by atoms with Crippen molar-refractivity contribution in [2.75, 3.05) is 11.9 Å². The van der Waals surface area contributed by atoms with E-state index in [-0.39, 0.29) is 5.91 Å². The van der Waals surface area contributed by atoms with Crippen molar-refractivity contribution in [3.63, 3.8) is 0 Å². The Hall–Kier alpha value is -3.16. The molecule has 0 unspecified atom stereocenters. The first-order valence-electron chi connectivity index (χ1n) is 8.74. The summed E-state index contributed by atoms with van der Waals surface area (Å²) in [6, 6.07) is 7.80. The number of carbonyl (C=O) groups is 1. The maximum Gasteiger partial charge on any atom is 0.223 e. The van der Waals surface area contributed by atoms with Gasteiger partial charge < -0.3 is 19.8 Å². The highest BCUT2D eigenvalue weighted by molar-refractivity contribution is 5.76. The van der Waals surface area contributed by atoms with E-state index in [1.54, 1.807) is 12.4 Å². The van der Waals surface area contributed by atoms with Crippen molar-refractivity contribution in [1.29, 1.82) is 0 Å². The molecule has 0 bridgehead atoms. The Labute approximate surface area is 151 Å². The van der Waals surface area contributed by atoms with E-state index in [9.17, 15) is 4.79 Å². The van der Waals surface area contributed by atoms with Crippen LogP contribution in [0.4, 0.5) is 5.69 Å². The first kappa shape index (κ1) is 16.3. The van der Waals surface area contributed by atoms with E-state index in [1.165, 1.54) is 0 Å². The molecule has 0 aromatic carbocycles. The van der Waals surface area contributed by atoms with Crippen molar-refractivity contribution in [3.8, 4) is 0 Å². The topological polar surface area (TPSA) is 91.7 Å². The van der Waals surface area contributed by atoms with Gasteiger partial charge in [-0.15, -0.1) is 10.2 Å². The standard InChI is InChI=1S/C18H21N7O/c26-18(6-5-14-3-2-8-20-14)24-9-10-25-16(22-23-17(25)13-24)12-21-15-4-1-7-19-11-15/h1-4,7-8,11,20-21H,5-6,9-10,12-13H2. The molecule has 0 aliphatic carbocycles. The third kappa shape index (κ3) is 3.58. The summed E-state index contributed by atoms with van der Waals surface area (Å²) in [7, 11) is 0. The molecule has 1 aliphatic heterocycles. The second-order valence-electron chi connectivity index (χ2n) is 6.29. The molecule has 8 heteroatoms. The molecule has 26 heavy (non-hydrogen) atoms. The second kappa shape index (κ2) is 7.38. The van der Waals surface area contributed by atoms with Gasteiger partial charge in [0, 0.05) is 43.8 Å². The number of hydrogen-bond acceptors (Lipinski definition) is 5. The molecule has 4 heterocycles. The lowest BCUT2D eigenvalue weighted by Crippen LogP contribution is -2.39. The van der Waals surface area contributed by atoms with Gasteiger partial charge in [-0.05, 0) is 30.7 Å². The predicted octanol–water partition coefficient (Wildman–Crippen LogP) is 1.59. The molecule has 0 spiro atoms. The van der Waals surface area contributed by atoms with Crippen LogP contribution in [-0.2, 0) is 30.8 Å². The molecular formula is C18H21N7O. The van der Waals surface area contributed by atoms with Crippen molar-refractivity contribution >= 4 is 11.6 Å². The third-order valence-corrected chi connectivity index (χ3v) is 4.57. The van der Waals surface area contributed by atoms with Crippen LogP contribution in [0.5, 0.6) is 0 Å². The SMILES string of the molecule is O=C(CCc1ccc[nH]1)N1CCn2c(CNc3cccnc3)nnc2C1. The zero-order valence-corrected chi connectivity index (χ0v) is 14.4. The Morgan fingerprint density at radius 2 is 2.19 bits per heavy atom. The molecular weight excluding hydrogens is 330 g/mol. The maximum atomic E-state index is 12.5. The van der Waals surface area contributed by atoms with Gasteiger partial charge in [0.15, 0.2) is 11.6 Å². The van der Waals surface area contributed by atoms with E-state index < -0.39 is 0 Å². The fourth-order valence-electron chi connectivity index (χ4n) is 3.13. The molecule has 3 aromatic rings. The summed E-state index contributed by atoms with van der Waals surface area (Å²) in [5.74, 6) is 1.87. The number of nitrogens with zero attached hydrogens (tertiary/aromatic N) is 5. The number of fused-ring (bicyclic) bond motifs is 1. The number of carbonyl (C=O) groups excluding carboxylic acids is 1. The van der Waals surface area contributed by atoms with Gasteiger partial charge >= 0.3 is 0 Å². The first-order valence-corrected chi connectivity index (χ1v) is 8.74. The van der Waals surface area contributed by atoms with Gasteiger partial charge in [0.25, 0.3) is 0 Å². The molecule has 2 N–H and O–H groups in total. The molecule has 0 saturated heterocycles. The molecule has 4 rings (SSSR count). The number of amides is 1. The summed E-state index contributed by atoms with van der Waals surface area (Å²) in [5, 5.41) is 11.8. The highest BCUT2D eigenvalue weighted by Gasteiger charge is 2.24. The molecule has 3 aromatic heterocycles. The molecule has 134 valence electrons. The predicted molar refractivity (Wildman–Crippen MR) is 96.1 cm³/mol. The van der Waals surface area contributed by atoms with Crippen LogP contribution in [0.1, 0.15) is 23.8 Å². The third-order valence-electron chi connectivity index (χ3n) is 4.57. The zero-order valence-electron chi connectivity index (χ0n) is 14.4. The van der Waals surface area contributed by atoms with E-state index in [0.29, 0.717) is 26.1 Å². The smallest absolute Gasteiger partial charge is 0.223 e. The first-order chi connectivity index (χ1) is 12.8. The summed E-state index contributed by atoms with van der Waals surface area (Å²) in [6.07, 6.45) is 6.63. The summed E-state index contributed by atoms with van der Waals surface area (Å²) < 4.78 is 2.10. The minimum Gasteiger partial charge on any atom is -0.376 e. The van der Waals surface area contributed by atoms with E-state index in [0.717, 1.165) is 36.0 Å². The number of nitrogens with one attached hydrogen (secondary N) is 2. The van der Waals surface area contributed by atoms with E-state index >= 15 is 0 Å². The van der Waals surface area contributed by atoms with Gasteiger partial charge in [0.1, 0.15) is 0 Å². The highest BCUT2D eigenvalue weighted by atomic mass is 16.2. The molecule has 8 nitrogen and oxygen atoms in total. The quantitative estimate of drug-likeness (QED) is 0.704. The zero-order chi connectivity index (χ0) is 17.8. The molecule has 0 saturated carbocycles. The molecule has 1 amide bonds. The van der Waals surface area contributed by atoms with Gasteiger partial charge in [-0.3, -0.25) is 9.78 Å². The van der Waals surface area contributed by atoms with Crippen LogP contribution in [0.3, 0.4) is 0 Å². The normalized spacial score (nSPS) is 13.5. The van der Waals surface area contributed by atoms with Gasteiger partial charge in [-0.1, -0.05) is 0 Å². The number of pyridine rings is 1. The summed E-state index contributed by atoms with van der Waals surface area (Å²) in [5.41, 5.74) is 2.03. The second-order valence-corrected chi connectivity index (χ2v) is 6.29. The maximum absolute atomic E-state index is 12.5. The lowest BCUT2D eigenvalue weighted by atomic mass is 10.2. The monoisotopic (exact) mass is 351 g/mol. The Balaban J connectivity index is 1.34. The van der Waals surface area contributed by atoms with Crippen LogP contribution in [0.25, 0.3) is 0 Å². The number of rotatable bonds is 6. The molecule has 1 aliphatic rings. The van der Waals surface area contributed by atoms with Crippen LogP contribution in [0, 0.1) is 0 Å². The van der Waals surface area contributed by atoms with Crippen molar-refractivity contribution in [2.24, 2.45) is 0 Å². The Kier molecular flexibility index (Phi) is 4.63. The van der Waals surface area contributed by atoms with Crippen LogP contribution < -0.4 is 5.32 Å². The number of anilines is 1. The van der Waals surface area contributed by atoms with E-state index in [4.69, 9.17) is 0 Å². The van der Waals surface area contributed by atoms with Crippen molar-refractivity contribution < 1.29 is 4.79 Å². The summed E-state index contributed by atoms with van der Waals surface area (Å²) in [4.78, 5) is 21.5. The fraction of sp³-hybridized carbons (Fsp3) is 0.333. The lowest BCUT2D eigenvalue weighted by molar-refractivity contribution is -0.132. The van der Waals surface area contributed by atoms with Crippen LogP contribution in [-0.4, -0.2) is 42.1 Å². The number of hydrogen-bond donors (Lipinski definition) is 2. The Morgan fingerprint density at radius 1 is 1.23 bits per heavy atom. The largest absolute Gasteiger partial charge is 0.376 e. The van der Waals surface area contributed by atoms with Crippen molar-refractivity contribution in [3.05, 3.63) is 60.2 Å². The summed E-state index contributed by atoms with van der Waals surface area (Å²) in [6.45, 7) is 2.51. The number of aryl methyl sites for hydroxylation is 1. The Morgan fingerprint density at radius 3 is 3.00 bits per heavy atom. The van der Waals surface area contributed by atoms with E-state index in [2.05, 4.69) is 30.0 Å². The van der Waals surface area contributed by atoms with Crippen LogP contribution in [0.15, 0.2) is 42.9 Å². The van der Waals surface area contributed by atoms with Crippen molar-refractivity contribution in [2.45, 2.75) is 32.5 Å². The van der Waals surface area contributed by atoms with Gasteiger partial charge in [-0.25, -0.2) is 0 Å². The fourth-order valence-corrected chi connectivity index (χ4v) is 3.13. The van der Waals surface area contributed by atoms with Gasteiger partial charge in [0.2, 0.25) is 5.91 Å². The molecule has 0 atom stereocenters. The number of H-pyrrole nitrogens is 1. The Bertz CT molecular complexity index is 857. The average Bonchev–Trinajstić information content (AvgIpc) is 3.34. The highest BCUT2D eigenvalue weighted by Crippen LogP contribution is 2.15. The average molecular weight is 351 g/mol. The minimum atomic E-state index is 0.156. The number of aromatic nitrogens is 5. The van der Waals surface area contributed by atoms with Crippen LogP contribution in [0.2, 0.25) is 0 Å². The lowest BCUT2D eigenvalue weighted by Gasteiger charge is -2.28. The summed E-state index contributed by atoms with van der Waals surface area (Å²) >= 11 is 0. The molecule has 0 fully saturated rings. The van der Waals surface area contributed by atoms with Gasteiger partial charge in [0.05, 0.1) is 18.8 Å². The molecule has 0 radical (unpaired) electrons.